The minimum atomic E-state index is -0.528. The van der Waals surface area contributed by atoms with Crippen molar-refractivity contribution in [2.45, 2.75) is 64.8 Å². The maximum Gasteiger partial charge on any atom is 0.410 e. The molecule has 0 aromatic rings. The Balaban J connectivity index is 2.12. The molecule has 2 saturated heterocycles. The Kier molecular flexibility index (Phi) is 5.04. The Hall–Kier alpha value is -1.50. The smallest absolute Gasteiger partial charge is 0.410 e. The zero-order valence-corrected chi connectivity index (χ0v) is 16.0. The number of hydrogen-bond acceptors (Lipinski definition) is 5. The van der Waals surface area contributed by atoms with E-state index in [4.69, 9.17) is 9.47 Å². The number of piperazine rings is 1. The number of rotatable bonds is 0. The van der Waals surface area contributed by atoms with E-state index in [1.807, 2.05) is 48.6 Å². The lowest BCUT2D eigenvalue weighted by molar-refractivity contribution is -0.0240. The molecule has 2 fully saturated rings. The number of amides is 2. The lowest BCUT2D eigenvalue weighted by Crippen LogP contribution is -2.62. The highest BCUT2D eigenvalue weighted by atomic mass is 16.6. The fourth-order valence-electron chi connectivity index (χ4n) is 3.21. The first-order valence-corrected chi connectivity index (χ1v) is 8.55. The molecule has 7 nitrogen and oxygen atoms in total. The lowest BCUT2D eigenvalue weighted by Gasteiger charge is -2.44. The van der Waals surface area contributed by atoms with Crippen LogP contribution in [0.2, 0.25) is 0 Å². The summed E-state index contributed by atoms with van der Waals surface area (Å²) in [4.78, 5) is 30.7. The summed E-state index contributed by atoms with van der Waals surface area (Å²) in [6, 6.07) is -0.128. The predicted molar refractivity (Wildman–Crippen MR) is 91.0 cm³/mol. The number of fused-ring (bicyclic) bond motifs is 1. The van der Waals surface area contributed by atoms with Crippen molar-refractivity contribution >= 4 is 12.2 Å². The topological polar surface area (TPSA) is 62.3 Å². The first-order chi connectivity index (χ1) is 10.9. The molecule has 2 heterocycles. The minimum absolute atomic E-state index is 0.0638. The number of carbonyl (C=O) groups is 2. The third-order valence-corrected chi connectivity index (χ3v) is 4.08. The summed E-state index contributed by atoms with van der Waals surface area (Å²) in [6.45, 7) is 13.5. The van der Waals surface area contributed by atoms with Crippen molar-refractivity contribution in [2.75, 3.05) is 33.2 Å². The minimum Gasteiger partial charge on any atom is -0.444 e. The molecule has 2 unspecified atom stereocenters. The van der Waals surface area contributed by atoms with Gasteiger partial charge in [0.25, 0.3) is 0 Å². The van der Waals surface area contributed by atoms with Crippen LogP contribution in [0, 0.1) is 0 Å². The van der Waals surface area contributed by atoms with Gasteiger partial charge in [-0.15, -0.1) is 0 Å². The Labute approximate surface area is 144 Å². The van der Waals surface area contributed by atoms with E-state index in [1.54, 1.807) is 9.80 Å². The van der Waals surface area contributed by atoms with E-state index in [1.165, 1.54) is 0 Å². The monoisotopic (exact) mass is 341 g/mol. The maximum absolute atomic E-state index is 12.5. The second-order valence-electron chi connectivity index (χ2n) is 8.70. The van der Waals surface area contributed by atoms with Crippen LogP contribution in [0.3, 0.4) is 0 Å². The molecule has 24 heavy (non-hydrogen) atoms. The van der Waals surface area contributed by atoms with Gasteiger partial charge in [0.1, 0.15) is 11.2 Å². The first-order valence-electron chi connectivity index (χ1n) is 8.55. The number of nitrogens with zero attached hydrogens (tertiary/aromatic N) is 3. The van der Waals surface area contributed by atoms with Crippen LogP contribution in [0.1, 0.15) is 41.5 Å². The molecule has 0 saturated carbocycles. The summed E-state index contributed by atoms with van der Waals surface area (Å²) < 4.78 is 11.1. The van der Waals surface area contributed by atoms with Crippen LogP contribution >= 0.6 is 0 Å². The van der Waals surface area contributed by atoms with Gasteiger partial charge in [0.2, 0.25) is 0 Å². The molecule has 0 aliphatic carbocycles. The van der Waals surface area contributed by atoms with Crippen molar-refractivity contribution < 1.29 is 19.1 Å². The summed E-state index contributed by atoms with van der Waals surface area (Å²) in [5.41, 5.74) is -1.06. The fraction of sp³-hybridized carbons (Fsp3) is 0.882. The molecule has 0 aromatic heterocycles. The molecule has 7 heteroatoms. The number of likely N-dealkylation sites (N-methyl/N-ethyl adjacent to an activating group) is 1. The van der Waals surface area contributed by atoms with E-state index in [9.17, 15) is 9.59 Å². The van der Waals surface area contributed by atoms with Gasteiger partial charge < -0.3 is 24.2 Å². The third kappa shape index (κ3) is 4.53. The molecule has 2 amide bonds. The molecule has 0 bridgehead atoms. The quantitative estimate of drug-likeness (QED) is 0.676. The van der Waals surface area contributed by atoms with Crippen LogP contribution in [0.5, 0.6) is 0 Å². The second kappa shape index (κ2) is 6.43. The van der Waals surface area contributed by atoms with Gasteiger partial charge in [0.05, 0.1) is 12.1 Å². The molecular formula is C17H31N3O4. The van der Waals surface area contributed by atoms with E-state index >= 15 is 0 Å². The Morgan fingerprint density at radius 2 is 1.12 bits per heavy atom. The third-order valence-electron chi connectivity index (χ3n) is 4.08. The molecule has 2 rings (SSSR count). The number of likely N-dealkylation sites (tertiary alicyclic amines) is 1. The van der Waals surface area contributed by atoms with Crippen molar-refractivity contribution in [1.82, 2.24) is 14.7 Å². The van der Waals surface area contributed by atoms with Crippen molar-refractivity contribution in [3.8, 4) is 0 Å². The first kappa shape index (κ1) is 18.8. The Morgan fingerprint density at radius 3 is 1.42 bits per heavy atom. The molecule has 0 N–H and O–H groups in total. The molecule has 2 atom stereocenters. The Morgan fingerprint density at radius 1 is 0.792 bits per heavy atom. The van der Waals surface area contributed by atoms with Crippen LogP contribution < -0.4 is 0 Å². The largest absolute Gasteiger partial charge is 0.444 e. The van der Waals surface area contributed by atoms with Crippen LogP contribution in [-0.2, 0) is 9.47 Å². The maximum atomic E-state index is 12.5. The average Bonchev–Trinajstić information content (AvgIpc) is 2.73. The number of carbonyl (C=O) groups excluding carboxylic acids is 2. The molecule has 2 aliphatic rings. The zero-order chi connectivity index (χ0) is 18.3. The van der Waals surface area contributed by atoms with Gasteiger partial charge in [0.15, 0.2) is 0 Å². The van der Waals surface area contributed by atoms with Crippen LogP contribution in [0.15, 0.2) is 0 Å². The highest BCUT2D eigenvalue weighted by molar-refractivity contribution is 5.72. The number of hydrogen-bond donors (Lipinski definition) is 0. The molecule has 2 aliphatic heterocycles. The molecule has 138 valence electrons. The van der Waals surface area contributed by atoms with E-state index in [-0.39, 0.29) is 24.3 Å². The van der Waals surface area contributed by atoms with Gasteiger partial charge in [-0.1, -0.05) is 0 Å². The van der Waals surface area contributed by atoms with Crippen LogP contribution in [0.4, 0.5) is 9.59 Å². The van der Waals surface area contributed by atoms with Gasteiger partial charge in [-0.3, -0.25) is 0 Å². The second-order valence-corrected chi connectivity index (χ2v) is 8.70. The summed E-state index contributed by atoms with van der Waals surface area (Å²) in [5.74, 6) is 0. The van der Waals surface area contributed by atoms with E-state index in [0.29, 0.717) is 13.1 Å². The van der Waals surface area contributed by atoms with E-state index < -0.39 is 11.2 Å². The summed E-state index contributed by atoms with van der Waals surface area (Å²) in [5, 5.41) is 0. The van der Waals surface area contributed by atoms with Crippen LogP contribution in [-0.4, -0.2) is 83.4 Å². The van der Waals surface area contributed by atoms with Gasteiger partial charge in [-0.05, 0) is 48.6 Å². The van der Waals surface area contributed by atoms with Crippen molar-refractivity contribution in [1.29, 1.82) is 0 Å². The van der Waals surface area contributed by atoms with Crippen molar-refractivity contribution in [3.05, 3.63) is 0 Å². The normalized spacial score (nSPS) is 25.5. The fourth-order valence-corrected chi connectivity index (χ4v) is 3.21. The molecule has 0 aromatic carbocycles. The molecule has 0 radical (unpaired) electrons. The van der Waals surface area contributed by atoms with Crippen LogP contribution in [0.25, 0.3) is 0 Å². The van der Waals surface area contributed by atoms with Gasteiger partial charge in [0, 0.05) is 26.2 Å². The van der Waals surface area contributed by atoms with Crippen molar-refractivity contribution in [3.63, 3.8) is 0 Å². The summed E-state index contributed by atoms with van der Waals surface area (Å²) >= 11 is 0. The van der Waals surface area contributed by atoms with Gasteiger partial charge >= 0.3 is 12.2 Å². The van der Waals surface area contributed by atoms with Gasteiger partial charge in [-0.2, -0.15) is 0 Å². The van der Waals surface area contributed by atoms with E-state index in [0.717, 1.165) is 13.1 Å². The SMILES string of the molecule is CN1CC2C(C1)N(C(=O)OC(C)(C)C)CCN2C(=O)OC(C)(C)C. The number of ether oxygens (including phenoxy) is 2. The Bertz CT molecular complexity index is 451. The highest BCUT2D eigenvalue weighted by Gasteiger charge is 2.47. The predicted octanol–water partition coefficient (Wildman–Crippen LogP) is 2.16. The molecule has 0 spiro atoms. The van der Waals surface area contributed by atoms with Gasteiger partial charge in [-0.25, -0.2) is 9.59 Å². The lowest BCUT2D eigenvalue weighted by atomic mass is 10.1. The molecular weight excluding hydrogens is 310 g/mol. The zero-order valence-electron chi connectivity index (χ0n) is 16.0. The van der Waals surface area contributed by atoms with E-state index in [2.05, 4.69) is 4.90 Å². The standard InChI is InChI=1S/C17H31N3O4/c1-16(2,3)23-14(21)19-8-9-20(15(22)24-17(4,5)6)13-11-18(7)10-12(13)19/h12-13H,8-11H2,1-7H3. The summed E-state index contributed by atoms with van der Waals surface area (Å²) in [7, 11) is 2.00. The summed E-state index contributed by atoms with van der Waals surface area (Å²) in [6.07, 6.45) is -0.617. The average molecular weight is 341 g/mol. The highest BCUT2D eigenvalue weighted by Crippen LogP contribution is 2.27. The van der Waals surface area contributed by atoms with Crippen molar-refractivity contribution in [2.24, 2.45) is 0 Å².